The summed E-state index contributed by atoms with van der Waals surface area (Å²) in [4.78, 5) is 0. The van der Waals surface area contributed by atoms with Crippen LogP contribution in [-0.2, 0) is 16.3 Å². The molecule has 1 aromatic rings. The maximum atomic E-state index is 11.7. The van der Waals surface area contributed by atoms with Crippen LogP contribution in [0.1, 0.15) is 30.5 Å². The minimum atomic E-state index is -2.84. The van der Waals surface area contributed by atoms with Gasteiger partial charge >= 0.3 is 0 Å². The Hall–Kier alpha value is -1.07. The Kier molecular flexibility index (Phi) is 3.50. The highest BCUT2D eigenvalue weighted by Crippen LogP contribution is 2.35. The fourth-order valence-corrected chi connectivity index (χ4v) is 5.24. The van der Waals surface area contributed by atoms with Crippen LogP contribution in [0.15, 0.2) is 18.2 Å². The SMILES string of the molecule is CNC(c1ccc2c(c1)CC(C)O2)C1CCS(=O)(=O)C1. The summed E-state index contributed by atoms with van der Waals surface area (Å²) in [6, 6.07) is 6.35. The quantitative estimate of drug-likeness (QED) is 0.922. The van der Waals surface area contributed by atoms with E-state index < -0.39 is 9.84 Å². The summed E-state index contributed by atoms with van der Waals surface area (Å²) in [5.74, 6) is 1.75. The van der Waals surface area contributed by atoms with Crippen molar-refractivity contribution in [3.05, 3.63) is 29.3 Å². The van der Waals surface area contributed by atoms with Gasteiger partial charge in [0.2, 0.25) is 0 Å². The fourth-order valence-electron chi connectivity index (χ4n) is 3.40. The van der Waals surface area contributed by atoms with Gasteiger partial charge in [0.25, 0.3) is 0 Å². The first-order valence-corrected chi connectivity index (χ1v) is 8.98. The van der Waals surface area contributed by atoms with Crippen molar-refractivity contribution < 1.29 is 13.2 Å². The molecule has 4 nitrogen and oxygen atoms in total. The number of sulfone groups is 1. The highest BCUT2D eigenvalue weighted by molar-refractivity contribution is 7.91. The second-order valence-electron chi connectivity index (χ2n) is 5.93. The van der Waals surface area contributed by atoms with Crippen molar-refractivity contribution in [3.8, 4) is 5.75 Å². The molecule has 20 heavy (non-hydrogen) atoms. The molecule has 3 atom stereocenters. The maximum absolute atomic E-state index is 11.7. The molecule has 1 aromatic carbocycles. The lowest BCUT2D eigenvalue weighted by molar-refractivity contribution is 0.254. The molecule has 0 saturated carbocycles. The van der Waals surface area contributed by atoms with E-state index in [-0.39, 0.29) is 18.1 Å². The van der Waals surface area contributed by atoms with Crippen LogP contribution < -0.4 is 10.1 Å². The number of rotatable bonds is 3. The third-order valence-corrected chi connectivity index (χ3v) is 6.12. The Morgan fingerprint density at radius 3 is 2.85 bits per heavy atom. The van der Waals surface area contributed by atoms with Crippen LogP contribution in [0.3, 0.4) is 0 Å². The molecule has 2 aliphatic rings. The number of ether oxygens (including phenoxy) is 1. The molecule has 3 unspecified atom stereocenters. The van der Waals surface area contributed by atoms with Gasteiger partial charge in [-0.25, -0.2) is 8.42 Å². The monoisotopic (exact) mass is 295 g/mol. The highest BCUT2D eigenvalue weighted by Gasteiger charge is 2.34. The Bertz CT molecular complexity index is 612. The van der Waals surface area contributed by atoms with Gasteiger partial charge in [-0.1, -0.05) is 12.1 Å². The van der Waals surface area contributed by atoms with E-state index in [1.807, 2.05) is 13.1 Å². The first kappa shape index (κ1) is 13.9. The Morgan fingerprint density at radius 1 is 1.40 bits per heavy atom. The molecule has 5 heteroatoms. The van der Waals surface area contributed by atoms with Crippen LogP contribution >= 0.6 is 0 Å². The van der Waals surface area contributed by atoms with Crippen molar-refractivity contribution in [1.29, 1.82) is 0 Å². The van der Waals surface area contributed by atoms with E-state index >= 15 is 0 Å². The van der Waals surface area contributed by atoms with Crippen molar-refractivity contribution in [2.45, 2.75) is 31.9 Å². The summed E-state index contributed by atoms with van der Waals surface area (Å²) in [5.41, 5.74) is 2.40. The average molecular weight is 295 g/mol. The smallest absolute Gasteiger partial charge is 0.150 e. The summed E-state index contributed by atoms with van der Waals surface area (Å²) in [6.07, 6.45) is 1.92. The summed E-state index contributed by atoms with van der Waals surface area (Å²) >= 11 is 0. The van der Waals surface area contributed by atoms with Gasteiger partial charge in [0.05, 0.1) is 11.5 Å². The Morgan fingerprint density at radius 2 is 2.20 bits per heavy atom. The van der Waals surface area contributed by atoms with Crippen LogP contribution in [0.5, 0.6) is 5.75 Å². The second kappa shape index (κ2) is 5.04. The van der Waals surface area contributed by atoms with Crippen molar-refractivity contribution in [3.63, 3.8) is 0 Å². The number of fused-ring (bicyclic) bond motifs is 1. The van der Waals surface area contributed by atoms with Gasteiger partial charge in [-0.3, -0.25) is 0 Å². The molecule has 0 aliphatic carbocycles. The van der Waals surface area contributed by atoms with Crippen molar-refractivity contribution in [2.75, 3.05) is 18.6 Å². The first-order chi connectivity index (χ1) is 9.48. The molecule has 2 aliphatic heterocycles. The first-order valence-electron chi connectivity index (χ1n) is 7.15. The van der Waals surface area contributed by atoms with Gasteiger partial charge in [0.15, 0.2) is 9.84 Å². The minimum Gasteiger partial charge on any atom is -0.490 e. The zero-order chi connectivity index (χ0) is 14.3. The highest BCUT2D eigenvalue weighted by atomic mass is 32.2. The summed E-state index contributed by atoms with van der Waals surface area (Å²) in [5, 5.41) is 3.30. The lowest BCUT2D eigenvalue weighted by atomic mass is 9.91. The van der Waals surface area contributed by atoms with Gasteiger partial charge in [-0.05, 0) is 43.5 Å². The normalized spacial score (nSPS) is 28.9. The van der Waals surface area contributed by atoms with Crippen molar-refractivity contribution >= 4 is 9.84 Å². The van der Waals surface area contributed by atoms with Crippen molar-refractivity contribution in [1.82, 2.24) is 5.32 Å². The Balaban J connectivity index is 1.86. The lowest BCUT2D eigenvalue weighted by Crippen LogP contribution is -2.26. The van der Waals surface area contributed by atoms with Crippen LogP contribution in [0, 0.1) is 5.92 Å². The average Bonchev–Trinajstić information content (AvgIpc) is 2.91. The predicted octanol–water partition coefficient (Wildman–Crippen LogP) is 1.71. The zero-order valence-corrected chi connectivity index (χ0v) is 12.7. The molecule has 0 spiro atoms. The second-order valence-corrected chi connectivity index (χ2v) is 8.16. The van der Waals surface area contributed by atoms with Gasteiger partial charge < -0.3 is 10.1 Å². The van der Waals surface area contributed by atoms with E-state index in [1.54, 1.807) is 0 Å². The summed E-state index contributed by atoms with van der Waals surface area (Å²) in [7, 11) is -0.939. The van der Waals surface area contributed by atoms with Crippen LogP contribution in [0.25, 0.3) is 0 Å². The number of nitrogens with one attached hydrogen (secondary N) is 1. The summed E-state index contributed by atoms with van der Waals surface area (Å²) < 4.78 is 29.1. The molecule has 1 N–H and O–H groups in total. The van der Waals surface area contributed by atoms with E-state index in [1.165, 1.54) is 11.1 Å². The number of hydrogen-bond donors (Lipinski definition) is 1. The van der Waals surface area contributed by atoms with E-state index in [9.17, 15) is 8.42 Å². The number of hydrogen-bond acceptors (Lipinski definition) is 4. The molecule has 0 radical (unpaired) electrons. The van der Waals surface area contributed by atoms with Gasteiger partial charge in [-0.15, -0.1) is 0 Å². The maximum Gasteiger partial charge on any atom is 0.150 e. The molecule has 1 fully saturated rings. The third-order valence-electron chi connectivity index (χ3n) is 4.33. The molecule has 0 aromatic heterocycles. The molecule has 0 amide bonds. The lowest BCUT2D eigenvalue weighted by Gasteiger charge is -2.23. The minimum absolute atomic E-state index is 0.105. The third kappa shape index (κ3) is 2.56. The topological polar surface area (TPSA) is 55.4 Å². The largest absolute Gasteiger partial charge is 0.490 e. The predicted molar refractivity (Wildman–Crippen MR) is 78.8 cm³/mol. The van der Waals surface area contributed by atoms with Gasteiger partial charge in [0.1, 0.15) is 11.9 Å². The summed E-state index contributed by atoms with van der Waals surface area (Å²) in [6.45, 7) is 2.07. The standard InChI is InChI=1S/C15H21NO3S/c1-10-7-13-8-11(3-4-14(13)19-10)15(16-2)12-5-6-20(17,18)9-12/h3-4,8,10,12,15-16H,5-7,9H2,1-2H3. The molecule has 3 rings (SSSR count). The van der Waals surface area contributed by atoms with Crippen LogP contribution in [-0.4, -0.2) is 33.1 Å². The van der Waals surface area contributed by atoms with E-state index in [0.29, 0.717) is 11.5 Å². The van der Waals surface area contributed by atoms with E-state index in [0.717, 1.165) is 18.6 Å². The van der Waals surface area contributed by atoms with Crippen molar-refractivity contribution in [2.24, 2.45) is 5.92 Å². The molecule has 0 bridgehead atoms. The van der Waals surface area contributed by atoms with Gasteiger partial charge in [0, 0.05) is 12.5 Å². The molecule has 110 valence electrons. The van der Waals surface area contributed by atoms with E-state index in [2.05, 4.69) is 24.4 Å². The number of benzene rings is 1. The van der Waals surface area contributed by atoms with Crippen LogP contribution in [0.4, 0.5) is 0 Å². The molecule has 1 saturated heterocycles. The molecule has 2 heterocycles. The molecular formula is C15H21NO3S. The molecular weight excluding hydrogens is 274 g/mol. The fraction of sp³-hybridized carbons (Fsp3) is 0.600. The van der Waals surface area contributed by atoms with E-state index in [4.69, 9.17) is 4.74 Å². The van der Waals surface area contributed by atoms with Crippen LogP contribution in [0.2, 0.25) is 0 Å². The Labute approximate surface area is 120 Å². The zero-order valence-electron chi connectivity index (χ0n) is 11.9. The van der Waals surface area contributed by atoms with Gasteiger partial charge in [-0.2, -0.15) is 0 Å².